The average molecular weight is 454 g/mol. The highest BCUT2D eigenvalue weighted by Gasteiger charge is 2.41. The van der Waals surface area contributed by atoms with Gasteiger partial charge in [0.2, 0.25) is 0 Å². The summed E-state index contributed by atoms with van der Waals surface area (Å²) >= 11 is 0. The predicted molar refractivity (Wildman–Crippen MR) is 123 cm³/mol. The first-order chi connectivity index (χ1) is 15.7. The molecule has 1 saturated carbocycles. The van der Waals surface area contributed by atoms with E-state index < -0.39 is 17.3 Å². The molecule has 5 N–H and O–H groups in total. The highest BCUT2D eigenvalue weighted by molar-refractivity contribution is 5.89. The first kappa shape index (κ1) is 21.9. The molecule has 174 valence electrons. The van der Waals surface area contributed by atoms with Crippen LogP contribution in [-0.4, -0.2) is 64.7 Å². The second-order valence-corrected chi connectivity index (χ2v) is 9.59. The molecule has 2 aromatic rings. The molecule has 1 aliphatic carbocycles. The van der Waals surface area contributed by atoms with Gasteiger partial charge >= 0.3 is 5.97 Å². The number of carbonyl (C=O) groups is 1. The lowest BCUT2D eigenvalue weighted by Crippen LogP contribution is -2.46. The Morgan fingerprint density at radius 3 is 2.55 bits per heavy atom. The van der Waals surface area contributed by atoms with E-state index in [1.54, 1.807) is 6.92 Å². The molecule has 2 unspecified atom stereocenters. The molecule has 2 aromatic heterocycles. The van der Waals surface area contributed by atoms with Gasteiger partial charge in [0.05, 0.1) is 17.4 Å². The Morgan fingerprint density at radius 2 is 1.94 bits per heavy atom. The van der Waals surface area contributed by atoms with Gasteiger partial charge in [-0.25, -0.2) is 9.18 Å². The molecular weight excluding hydrogens is 425 g/mol. The Balaban J connectivity index is 1.56. The number of anilines is 1. The summed E-state index contributed by atoms with van der Waals surface area (Å²) in [6.07, 6.45) is 8.56. The number of aromatic nitrogens is 1. The highest BCUT2D eigenvalue weighted by Crippen LogP contribution is 2.44. The van der Waals surface area contributed by atoms with Crippen molar-refractivity contribution in [3.63, 3.8) is 0 Å². The average Bonchev–Trinajstić information content (AvgIpc) is 3.44. The van der Waals surface area contributed by atoms with E-state index in [9.17, 15) is 14.7 Å². The standard InChI is InChI=1S/C24H28FN5O3/c1-3-13-7-28(9-18(13)26)20-11-29(10-19(20)27)22-12(2)21-15(14-4-5-14)6-16(24(32)33)23(31)30(21)8-17(22)25/h1,6,8,13-14,18-20H,4-5,7,9-11,26-27H2,2H3,(H,32,33)/t13-,18+,19?,20?/m0/s1. The van der Waals surface area contributed by atoms with E-state index >= 15 is 4.39 Å². The third-order valence-corrected chi connectivity index (χ3v) is 7.42. The zero-order valence-corrected chi connectivity index (χ0v) is 18.5. The van der Waals surface area contributed by atoms with E-state index in [2.05, 4.69) is 10.8 Å². The van der Waals surface area contributed by atoms with Gasteiger partial charge in [0.1, 0.15) is 5.56 Å². The predicted octanol–water partition coefficient (Wildman–Crippen LogP) is 0.731. The fourth-order valence-electron chi connectivity index (χ4n) is 5.58. The third kappa shape index (κ3) is 3.50. The number of rotatable bonds is 4. The lowest BCUT2D eigenvalue weighted by Gasteiger charge is -2.27. The number of hydrogen-bond donors (Lipinski definition) is 3. The Kier molecular flexibility index (Phi) is 5.20. The third-order valence-electron chi connectivity index (χ3n) is 7.42. The van der Waals surface area contributed by atoms with E-state index in [1.807, 2.05) is 4.90 Å². The van der Waals surface area contributed by atoms with Crippen molar-refractivity contribution in [2.24, 2.45) is 17.4 Å². The van der Waals surface area contributed by atoms with E-state index in [0.717, 1.165) is 29.0 Å². The summed E-state index contributed by atoms with van der Waals surface area (Å²) in [4.78, 5) is 28.6. The van der Waals surface area contributed by atoms with Crippen molar-refractivity contribution in [1.82, 2.24) is 9.30 Å². The van der Waals surface area contributed by atoms with Crippen LogP contribution in [0.25, 0.3) is 5.52 Å². The van der Waals surface area contributed by atoms with Crippen molar-refractivity contribution >= 4 is 17.2 Å². The summed E-state index contributed by atoms with van der Waals surface area (Å²) in [6, 6.07) is 1.15. The molecule has 0 aromatic carbocycles. The number of nitrogens with zero attached hydrogens (tertiary/aromatic N) is 3. The number of aromatic carboxylic acids is 1. The Labute approximate surface area is 190 Å². The topological polar surface area (TPSA) is 117 Å². The SMILES string of the molecule is C#C[C@H]1CN(C2CN(c3c(F)cn4c(=O)c(C(=O)O)cc(C5CC5)c4c3C)CC2N)C[C@H]1N. The highest BCUT2D eigenvalue weighted by atomic mass is 19.1. The summed E-state index contributed by atoms with van der Waals surface area (Å²) in [5.74, 6) is 1.02. The van der Waals surface area contributed by atoms with Gasteiger partial charge in [-0.1, -0.05) is 0 Å². The molecule has 0 spiro atoms. The maximum absolute atomic E-state index is 15.5. The van der Waals surface area contributed by atoms with Gasteiger partial charge in [0.15, 0.2) is 5.82 Å². The number of carboxylic acids is 1. The minimum atomic E-state index is -1.30. The summed E-state index contributed by atoms with van der Waals surface area (Å²) < 4.78 is 16.6. The largest absolute Gasteiger partial charge is 0.477 e. The van der Waals surface area contributed by atoms with Crippen molar-refractivity contribution in [1.29, 1.82) is 0 Å². The van der Waals surface area contributed by atoms with Gasteiger partial charge in [-0.2, -0.15) is 0 Å². The van der Waals surface area contributed by atoms with Crippen molar-refractivity contribution in [2.75, 3.05) is 31.1 Å². The van der Waals surface area contributed by atoms with Crippen molar-refractivity contribution < 1.29 is 14.3 Å². The van der Waals surface area contributed by atoms with Crippen LogP contribution in [0.3, 0.4) is 0 Å². The van der Waals surface area contributed by atoms with Gasteiger partial charge in [-0.05, 0) is 42.9 Å². The van der Waals surface area contributed by atoms with E-state index in [0.29, 0.717) is 42.9 Å². The molecule has 0 radical (unpaired) electrons. The van der Waals surface area contributed by atoms with Crippen LogP contribution in [0.4, 0.5) is 10.1 Å². The fraction of sp³-hybridized carbons (Fsp3) is 0.500. The number of carboxylic acid groups (broad SMARTS) is 1. The summed E-state index contributed by atoms with van der Waals surface area (Å²) in [7, 11) is 0. The smallest absolute Gasteiger partial charge is 0.341 e. The number of terminal acetylenes is 1. The number of hydrogen-bond acceptors (Lipinski definition) is 6. The second-order valence-electron chi connectivity index (χ2n) is 9.59. The minimum absolute atomic E-state index is 0.0103. The quantitative estimate of drug-likeness (QED) is 0.585. The maximum atomic E-state index is 15.5. The minimum Gasteiger partial charge on any atom is -0.477 e. The van der Waals surface area contributed by atoms with Crippen LogP contribution in [0.2, 0.25) is 0 Å². The summed E-state index contributed by atoms with van der Waals surface area (Å²) in [6.45, 7) is 4.09. The van der Waals surface area contributed by atoms with Crippen LogP contribution in [0.15, 0.2) is 17.1 Å². The Bertz CT molecular complexity index is 1250. The van der Waals surface area contributed by atoms with Crippen LogP contribution in [0.5, 0.6) is 0 Å². The molecule has 0 bridgehead atoms. The maximum Gasteiger partial charge on any atom is 0.341 e. The molecule has 2 saturated heterocycles. The van der Waals surface area contributed by atoms with Gasteiger partial charge in [-0.15, -0.1) is 12.3 Å². The molecule has 4 heterocycles. The van der Waals surface area contributed by atoms with Crippen molar-refractivity contribution in [3.05, 3.63) is 45.1 Å². The molecule has 33 heavy (non-hydrogen) atoms. The zero-order chi connectivity index (χ0) is 23.6. The molecule has 3 aliphatic rings. The Hall–Kier alpha value is -2.93. The number of pyridine rings is 2. The lowest BCUT2D eigenvalue weighted by atomic mass is 10.0. The van der Waals surface area contributed by atoms with Crippen LogP contribution < -0.4 is 21.9 Å². The fourth-order valence-corrected chi connectivity index (χ4v) is 5.58. The molecule has 4 atom stereocenters. The molecule has 2 aliphatic heterocycles. The van der Waals surface area contributed by atoms with Crippen molar-refractivity contribution in [2.45, 2.75) is 43.8 Å². The number of halogens is 1. The molecule has 0 amide bonds. The number of likely N-dealkylation sites (tertiary alicyclic amines) is 1. The summed E-state index contributed by atoms with van der Waals surface area (Å²) in [5.41, 5.74) is 14.0. The molecule has 3 fully saturated rings. The molecular formula is C24H28FN5O3. The molecule has 5 rings (SSSR count). The van der Waals surface area contributed by atoms with Crippen LogP contribution in [-0.2, 0) is 0 Å². The number of fused-ring (bicyclic) bond motifs is 1. The van der Waals surface area contributed by atoms with Gasteiger partial charge in [0.25, 0.3) is 5.56 Å². The molecule has 8 nitrogen and oxygen atoms in total. The first-order valence-corrected chi connectivity index (χ1v) is 11.3. The van der Waals surface area contributed by atoms with Crippen LogP contribution >= 0.6 is 0 Å². The van der Waals surface area contributed by atoms with Crippen LogP contribution in [0.1, 0.15) is 40.2 Å². The number of nitrogens with two attached hydrogens (primary N) is 2. The summed E-state index contributed by atoms with van der Waals surface area (Å²) in [5, 5.41) is 9.48. The van der Waals surface area contributed by atoms with E-state index in [1.165, 1.54) is 6.07 Å². The monoisotopic (exact) mass is 453 g/mol. The second kappa shape index (κ2) is 7.83. The first-order valence-electron chi connectivity index (χ1n) is 11.3. The van der Waals surface area contributed by atoms with Crippen molar-refractivity contribution in [3.8, 4) is 12.3 Å². The normalized spacial score (nSPS) is 27.9. The lowest BCUT2D eigenvalue weighted by molar-refractivity contribution is 0.0694. The van der Waals surface area contributed by atoms with E-state index in [4.69, 9.17) is 17.9 Å². The zero-order valence-electron chi connectivity index (χ0n) is 18.5. The number of aryl methyl sites for hydroxylation is 1. The molecule has 9 heteroatoms. The van der Waals surface area contributed by atoms with Gasteiger partial charge < -0.3 is 21.5 Å². The Morgan fingerprint density at radius 1 is 1.21 bits per heavy atom. The van der Waals surface area contributed by atoms with Crippen LogP contribution in [0, 0.1) is 31.0 Å². The van der Waals surface area contributed by atoms with Gasteiger partial charge in [0, 0.05) is 50.2 Å². The van der Waals surface area contributed by atoms with E-state index in [-0.39, 0.29) is 35.5 Å². The van der Waals surface area contributed by atoms with Gasteiger partial charge in [-0.3, -0.25) is 14.1 Å².